The molecule has 3 aromatic rings. The lowest BCUT2D eigenvalue weighted by molar-refractivity contribution is 0.133. The highest BCUT2D eigenvalue weighted by Crippen LogP contribution is 2.32. The Bertz CT molecular complexity index is 866. The first-order chi connectivity index (χ1) is 10.8. The van der Waals surface area contributed by atoms with Crippen LogP contribution < -0.4 is 4.74 Å². The van der Waals surface area contributed by atoms with Crippen LogP contribution in [-0.4, -0.2) is 20.6 Å². The normalized spacial score (nSPS) is 11.7. The molecular formula is C19H21N3O. The van der Waals surface area contributed by atoms with Crippen LogP contribution in [0.15, 0.2) is 36.7 Å². The van der Waals surface area contributed by atoms with Gasteiger partial charge in [0.1, 0.15) is 17.0 Å². The molecule has 0 radical (unpaired) electrons. The maximum absolute atomic E-state index is 6.16. The van der Waals surface area contributed by atoms with Crippen LogP contribution >= 0.6 is 0 Å². The van der Waals surface area contributed by atoms with Crippen molar-refractivity contribution in [2.75, 3.05) is 0 Å². The summed E-state index contributed by atoms with van der Waals surface area (Å²) in [4.78, 5) is 13.5. The van der Waals surface area contributed by atoms with E-state index in [2.05, 4.69) is 35.1 Å². The van der Waals surface area contributed by atoms with Crippen LogP contribution in [0.4, 0.5) is 0 Å². The van der Waals surface area contributed by atoms with Crippen molar-refractivity contribution < 1.29 is 4.74 Å². The van der Waals surface area contributed by atoms with Crippen LogP contribution in [0.25, 0.3) is 22.3 Å². The van der Waals surface area contributed by atoms with Gasteiger partial charge < -0.3 is 4.74 Å². The molecule has 118 valence electrons. The molecule has 2 heterocycles. The summed E-state index contributed by atoms with van der Waals surface area (Å²) in [6.45, 7) is 10.1. The number of hydrogen-bond acceptors (Lipinski definition) is 4. The first kappa shape index (κ1) is 15.4. The second kappa shape index (κ2) is 5.61. The summed E-state index contributed by atoms with van der Waals surface area (Å²) in [5.41, 5.74) is 4.19. The Morgan fingerprint density at radius 2 is 1.70 bits per heavy atom. The van der Waals surface area contributed by atoms with Crippen LogP contribution in [-0.2, 0) is 0 Å². The number of ether oxygens (including phenoxy) is 1. The predicted octanol–water partition coefficient (Wildman–Crippen LogP) is 4.49. The fourth-order valence-electron chi connectivity index (χ4n) is 2.44. The molecule has 3 rings (SSSR count). The lowest BCUT2D eigenvalue weighted by Gasteiger charge is -2.23. The molecule has 0 saturated carbocycles. The lowest BCUT2D eigenvalue weighted by atomic mass is 10.1. The molecule has 0 bridgehead atoms. The highest BCUT2D eigenvalue weighted by molar-refractivity contribution is 5.88. The highest BCUT2D eigenvalue weighted by atomic mass is 16.5. The average molecular weight is 307 g/mol. The van der Waals surface area contributed by atoms with E-state index in [-0.39, 0.29) is 5.60 Å². The van der Waals surface area contributed by atoms with E-state index in [1.807, 2.05) is 33.8 Å². The van der Waals surface area contributed by atoms with Gasteiger partial charge in [0.15, 0.2) is 0 Å². The van der Waals surface area contributed by atoms with Gasteiger partial charge in [-0.2, -0.15) is 0 Å². The molecule has 0 aliphatic rings. The van der Waals surface area contributed by atoms with Crippen LogP contribution in [0.2, 0.25) is 0 Å². The third-order valence-corrected chi connectivity index (χ3v) is 3.36. The van der Waals surface area contributed by atoms with E-state index < -0.39 is 0 Å². The van der Waals surface area contributed by atoms with E-state index in [1.54, 1.807) is 12.4 Å². The molecule has 4 heteroatoms. The van der Waals surface area contributed by atoms with Gasteiger partial charge in [0.25, 0.3) is 0 Å². The quantitative estimate of drug-likeness (QED) is 0.700. The first-order valence-corrected chi connectivity index (χ1v) is 7.71. The van der Waals surface area contributed by atoms with E-state index in [1.165, 1.54) is 5.56 Å². The summed E-state index contributed by atoms with van der Waals surface area (Å²) >= 11 is 0. The van der Waals surface area contributed by atoms with Gasteiger partial charge in [-0.05, 0) is 52.3 Å². The first-order valence-electron chi connectivity index (χ1n) is 7.71. The third kappa shape index (κ3) is 3.47. The number of fused-ring (bicyclic) bond motifs is 1. The molecule has 0 aliphatic carbocycles. The molecule has 0 unspecified atom stereocenters. The van der Waals surface area contributed by atoms with E-state index >= 15 is 0 Å². The van der Waals surface area contributed by atoms with Crippen molar-refractivity contribution >= 4 is 10.9 Å². The molecule has 0 atom stereocenters. The second-order valence-electron chi connectivity index (χ2n) is 6.79. The number of benzene rings is 1. The maximum atomic E-state index is 6.16. The molecule has 2 aromatic heterocycles. The van der Waals surface area contributed by atoms with Crippen molar-refractivity contribution in [3.05, 3.63) is 47.9 Å². The van der Waals surface area contributed by atoms with Gasteiger partial charge in [-0.1, -0.05) is 6.07 Å². The molecule has 0 aliphatic heterocycles. The summed E-state index contributed by atoms with van der Waals surface area (Å²) in [5.74, 6) is 0.820. The standard InChI is InChI=1S/C19H21N3O/c1-12-6-7-14-15(8-12)22-16(9-18(14)23-19(3,4)5)17-11-20-10-13(2)21-17/h6-11H,1-5H3. The molecule has 0 saturated heterocycles. The monoisotopic (exact) mass is 307 g/mol. The molecular weight excluding hydrogens is 286 g/mol. The summed E-state index contributed by atoms with van der Waals surface area (Å²) in [7, 11) is 0. The Hall–Kier alpha value is -2.49. The summed E-state index contributed by atoms with van der Waals surface area (Å²) < 4.78 is 6.16. The van der Waals surface area contributed by atoms with Gasteiger partial charge in [0, 0.05) is 17.6 Å². The van der Waals surface area contributed by atoms with E-state index in [0.29, 0.717) is 0 Å². The Kier molecular flexibility index (Phi) is 3.76. The average Bonchev–Trinajstić information content (AvgIpc) is 2.45. The van der Waals surface area contributed by atoms with Crippen molar-refractivity contribution in [1.29, 1.82) is 0 Å². The minimum Gasteiger partial charge on any atom is -0.487 e. The van der Waals surface area contributed by atoms with Crippen LogP contribution in [0, 0.1) is 13.8 Å². The minimum atomic E-state index is -0.283. The van der Waals surface area contributed by atoms with Crippen molar-refractivity contribution in [2.45, 2.75) is 40.2 Å². The zero-order chi connectivity index (χ0) is 16.6. The van der Waals surface area contributed by atoms with E-state index in [4.69, 9.17) is 9.72 Å². The van der Waals surface area contributed by atoms with Crippen LogP contribution in [0.1, 0.15) is 32.0 Å². The molecule has 0 fully saturated rings. The number of rotatable bonds is 2. The zero-order valence-electron chi connectivity index (χ0n) is 14.2. The van der Waals surface area contributed by atoms with Gasteiger partial charge in [-0.15, -0.1) is 0 Å². The summed E-state index contributed by atoms with van der Waals surface area (Å²) in [5, 5.41) is 1.01. The second-order valence-corrected chi connectivity index (χ2v) is 6.79. The number of aryl methyl sites for hydroxylation is 2. The lowest BCUT2D eigenvalue weighted by Crippen LogP contribution is -2.23. The highest BCUT2D eigenvalue weighted by Gasteiger charge is 2.16. The zero-order valence-corrected chi connectivity index (χ0v) is 14.2. The van der Waals surface area contributed by atoms with Crippen molar-refractivity contribution in [3.63, 3.8) is 0 Å². The molecule has 1 aromatic carbocycles. The molecule has 23 heavy (non-hydrogen) atoms. The Labute approximate surface area is 136 Å². The number of pyridine rings is 1. The van der Waals surface area contributed by atoms with Crippen LogP contribution in [0.5, 0.6) is 5.75 Å². The fourth-order valence-corrected chi connectivity index (χ4v) is 2.44. The molecule has 0 N–H and O–H groups in total. The van der Waals surface area contributed by atoms with Gasteiger partial charge in [0.05, 0.1) is 23.1 Å². The Morgan fingerprint density at radius 3 is 2.39 bits per heavy atom. The molecule has 0 spiro atoms. The number of aromatic nitrogens is 3. The summed E-state index contributed by atoms with van der Waals surface area (Å²) in [6.07, 6.45) is 3.47. The largest absolute Gasteiger partial charge is 0.487 e. The van der Waals surface area contributed by atoms with Crippen molar-refractivity contribution in [1.82, 2.24) is 15.0 Å². The van der Waals surface area contributed by atoms with Gasteiger partial charge >= 0.3 is 0 Å². The topological polar surface area (TPSA) is 47.9 Å². The van der Waals surface area contributed by atoms with Gasteiger partial charge in [-0.3, -0.25) is 4.98 Å². The minimum absolute atomic E-state index is 0.283. The number of nitrogens with zero attached hydrogens (tertiary/aromatic N) is 3. The Balaban J connectivity index is 2.23. The van der Waals surface area contributed by atoms with E-state index in [0.717, 1.165) is 33.7 Å². The maximum Gasteiger partial charge on any atom is 0.131 e. The van der Waals surface area contributed by atoms with Crippen molar-refractivity contribution in [2.24, 2.45) is 0 Å². The molecule has 0 amide bonds. The Morgan fingerprint density at radius 1 is 0.913 bits per heavy atom. The fraction of sp³-hybridized carbons (Fsp3) is 0.316. The SMILES string of the molecule is Cc1ccc2c(OC(C)(C)C)cc(-c3cncc(C)n3)nc2c1. The van der Waals surface area contributed by atoms with E-state index in [9.17, 15) is 0 Å². The number of hydrogen-bond donors (Lipinski definition) is 0. The predicted molar refractivity (Wildman–Crippen MR) is 92.6 cm³/mol. The van der Waals surface area contributed by atoms with Crippen LogP contribution in [0.3, 0.4) is 0 Å². The smallest absolute Gasteiger partial charge is 0.131 e. The summed E-state index contributed by atoms with van der Waals surface area (Å²) in [6, 6.07) is 8.15. The van der Waals surface area contributed by atoms with Gasteiger partial charge in [-0.25, -0.2) is 9.97 Å². The van der Waals surface area contributed by atoms with Crippen molar-refractivity contribution in [3.8, 4) is 17.1 Å². The molecule has 4 nitrogen and oxygen atoms in total. The van der Waals surface area contributed by atoms with Gasteiger partial charge in [0.2, 0.25) is 0 Å². The third-order valence-electron chi connectivity index (χ3n) is 3.36.